The van der Waals surface area contributed by atoms with Gasteiger partial charge in [0.15, 0.2) is 0 Å². The van der Waals surface area contributed by atoms with Crippen LogP contribution in [0.5, 0.6) is 5.75 Å². The predicted octanol–water partition coefficient (Wildman–Crippen LogP) is 4.42. The van der Waals surface area contributed by atoms with Crippen molar-refractivity contribution < 1.29 is 14.3 Å². The molecule has 0 radical (unpaired) electrons. The highest BCUT2D eigenvalue weighted by atomic mass is 79.9. The number of carbonyl (C=O) groups excluding carboxylic acids is 2. The molecule has 0 unspecified atom stereocenters. The average Bonchev–Trinajstić information content (AvgIpc) is 2.70. The van der Waals surface area contributed by atoms with E-state index < -0.39 is 0 Å². The first-order valence-corrected chi connectivity index (χ1v) is 10.6. The van der Waals surface area contributed by atoms with E-state index in [4.69, 9.17) is 16.3 Å². The molecule has 0 saturated carbocycles. The minimum Gasteiger partial charge on any atom is -0.493 e. The molecular formula is C21H23BrClN3O3. The summed E-state index contributed by atoms with van der Waals surface area (Å²) >= 11 is 9.90. The maximum Gasteiger partial charge on any atom is 0.255 e. The Balaban J connectivity index is 1.67. The fourth-order valence-corrected chi connectivity index (χ4v) is 4.01. The number of piperazine rings is 1. The summed E-state index contributed by atoms with van der Waals surface area (Å²) in [5.41, 5.74) is 2.04. The summed E-state index contributed by atoms with van der Waals surface area (Å²) in [6.45, 7) is 6.86. The van der Waals surface area contributed by atoms with Gasteiger partial charge in [-0.1, -0.05) is 11.6 Å². The number of halogens is 2. The molecule has 1 aliphatic rings. The van der Waals surface area contributed by atoms with Crippen molar-refractivity contribution in [3.8, 4) is 5.75 Å². The van der Waals surface area contributed by atoms with Crippen LogP contribution in [0.3, 0.4) is 0 Å². The van der Waals surface area contributed by atoms with Crippen molar-refractivity contribution in [2.45, 2.75) is 13.8 Å². The summed E-state index contributed by atoms with van der Waals surface area (Å²) in [6.07, 6.45) is 0. The highest BCUT2D eigenvalue weighted by Crippen LogP contribution is 2.30. The van der Waals surface area contributed by atoms with Gasteiger partial charge in [0.25, 0.3) is 5.91 Å². The van der Waals surface area contributed by atoms with E-state index in [2.05, 4.69) is 26.1 Å². The minimum atomic E-state index is -0.229. The smallest absolute Gasteiger partial charge is 0.255 e. The normalized spacial score (nSPS) is 13.9. The maximum atomic E-state index is 12.6. The summed E-state index contributed by atoms with van der Waals surface area (Å²) in [5, 5.41) is 3.44. The number of nitrogens with one attached hydrogen (secondary N) is 1. The molecule has 0 bridgehead atoms. The van der Waals surface area contributed by atoms with Crippen molar-refractivity contribution in [2.24, 2.45) is 0 Å². The Morgan fingerprint density at radius 1 is 1.14 bits per heavy atom. The highest BCUT2D eigenvalue weighted by molar-refractivity contribution is 9.10. The monoisotopic (exact) mass is 479 g/mol. The molecule has 2 aromatic rings. The number of anilines is 2. The second kappa shape index (κ2) is 9.50. The Bertz CT molecular complexity index is 914. The van der Waals surface area contributed by atoms with Crippen molar-refractivity contribution in [3.05, 3.63) is 51.5 Å². The highest BCUT2D eigenvalue weighted by Gasteiger charge is 2.20. The molecule has 29 heavy (non-hydrogen) atoms. The fourth-order valence-electron chi connectivity index (χ4n) is 3.22. The number of benzene rings is 2. The summed E-state index contributed by atoms with van der Waals surface area (Å²) in [7, 11) is 0. The number of hydrogen-bond acceptors (Lipinski definition) is 4. The number of carbonyl (C=O) groups is 2. The maximum absolute atomic E-state index is 12.6. The third kappa shape index (κ3) is 5.22. The lowest BCUT2D eigenvalue weighted by Gasteiger charge is -2.36. The van der Waals surface area contributed by atoms with Crippen molar-refractivity contribution in [1.29, 1.82) is 0 Å². The van der Waals surface area contributed by atoms with Gasteiger partial charge in [0, 0.05) is 44.4 Å². The van der Waals surface area contributed by atoms with E-state index in [0.717, 1.165) is 23.2 Å². The zero-order valence-electron chi connectivity index (χ0n) is 16.4. The Morgan fingerprint density at radius 3 is 2.45 bits per heavy atom. The van der Waals surface area contributed by atoms with E-state index >= 15 is 0 Å². The third-order valence-corrected chi connectivity index (χ3v) is 5.69. The number of ether oxygens (including phenoxy) is 1. The van der Waals surface area contributed by atoms with Crippen LogP contribution in [0.1, 0.15) is 24.2 Å². The molecule has 154 valence electrons. The molecular weight excluding hydrogens is 458 g/mol. The van der Waals surface area contributed by atoms with E-state index in [0.29, 0.717) is 41.7 Å². The lowest BCUT2D eigenvalue weighted by molar-refractivity contribution is -0.129. The van der Waals surface area contributed by atoms with Crippen LogP contribution in [0.15, 0.2) is 40.9 Å². The van der Waals surface area contributed by atoms with Crippen molar-refractivity contribution >= 4 is 50.7 Å². The fraction of sp³-hybridized carbons (Fsp3) is 0.333. The zero-order chi connectivity index (χ0) is 21.0. The summed E-state index contributed by atoms with van der Waals surface area (Å²) < 4.78 is 6.20. The topological polar surface area (TPSA) is 61.9 Å². The minimum absolute atomic E-state index is 0.0923. The van der Waals surface area contributed by atoms with Crippen LogP contribution in [0, 0.1) is 0 Å². The molecule has 6 nitrogen and oxygen atoms in total. The van der Waals surface area contributed by atoms with Gasteiger partial charge in [-0.3, -0.25) is 9.59 Å². The van der Waals surface area contributed by atoms with Gasteiger partial charge in [-0.2, -0.15) is 0 Å². The largest absolute Gasteiger partial charge is 0.493 e. The number of amides is 2. The first kappa shape index (κ1) is 21.5. The van der Waals surface area contributed by atoms with E-state index in [-0.39, 0.29) is 11.8 Å². The molecule has 0 aliphatic carbocycles. The molecule has 2 amide bonds. The first-order valence-electron chi connectivity index (χ1n) is 9.42. The van der Waals surface area contributed by atoms with Crippen LogP contribution in [0.2, 0.25) is 5.02 Å². The summed E-state index contributed by atoms with van der Waals surface area (Å²) in [6, 6.07) is 10.7. The number of rotatable bonds is 5. The van der Waals surface area contributed by atoms with Gasteiger partial charge >= 0.3 is 0 Å². The van der Waals surface area contributed by atoms with Crippen LogP contribution in [0.4, 0.5) is 11.4 Å². The Morgan fingerprint density at radius 2 is 1.86 bits per heavy atom. The molecule has 2 aromatic carbocycles. The van der Waals surface area contributed by atoms with Crippen LogP contribution in [-0.2, 0) is 4.79 Å². The van der Waals surface area contributed by atoms with E-state index in [1.54, 1.807) is 31.2 Å². The van der Waals surface area contributed by atoms with Gasteiger partial charge in [-0.15, -0.1) is 0 Å². The molecule has 1 heterocycles. The molecule has 0 aromatic heterocycles. The van der Waals surface area contributed by atoms with Crippen molar-refractivity contribution in [2.75, 3.05) is 43.0 Å². The van der Waals surface area contributed by atoms with Crippen LogP contribution in [0.25, 0.3) is 0 Å². The third-order valence-electron chi connectivity index (χ3n) is 4.77. The number of hydrogen-bond donors (Lipinski definition) is 1. The summed E-state index contributed by atoms with van der Waals surface area (Å²) in [4.78, 5) is 28.0. The second-order valence-corrected chi connectivity index (χ2v) is 7.95. The lowest BCUT2D eigenvalue weighted by Crippen LogP contribution is -2.48. The summed E-state index contributed by atoms with van der Waals surface area (Å²) in [5.74, 6) is 0.559. The Labute approximate surface area is 183 Å². The Kier molecular flexibility index (Phi) is 7.03. The Hall–Kier alpha value is -2.25. The van der Waals surface area contributed by atoms with Gasteiger partial charge < -0.3 is 19.9 Å². The number of nitrogens with zero attached hydrogens (tertiary/aromatic N) is 2. The van der Waals surface area contributed by atoms with Crippen LogP contribution in [-0.4, -0.2) is 49.5 Å². The molecule has 3 rings (SSSR count). The molecule has 0 atom stereocenters. The van der Waals surface area contributed by atoms with Crippen LogP contribution >= 0.6 is 27.5 Å². The van der Waals surface area contributed by atoms with Crippen molar-refractivity contribution in [3.63, 3.8) is 0 Å². The molecule has 1 aliphatic heterocycles. The standard InChI is InChI=1S/C21H23BrClN3O3/c1-3-29-20-7-4-15(12-17(20)22)21(28)24-16-5-6-19(18(23)13-16)26-10-8-25(9-11-26)14(2)27/h4-7,12-13H,3,8-11H2,1-2H3,(H,24,28). The van der Waals surface area contributed by atoms with Gasteiger partial charge in [-0.25, -0.2) is 0 Å². The quantitative estimate of drug-likeness (QED) is 0.688. The van der Waals surface area contributed by atoms with Gasteiger partial charge in [0.2, 0.25) is 5.91 Å². The lowest BCUT2D eigenvalue weighted by atomic mass is 10.2. The molecule has 1 fully saturated rings. The second-order valence-electron chi connectivity index (χ2n) is 6.69. The van der Waals surface area contributed by atoms with E-state index in [9.17, 15) is 9.59 Å². The van der Waals surface area contributed by atoms with E-state index in [1.807, 2.05) is 24.0 Å². The van der Waals surface area contributed by atoms with Crippen LogP contribution < -0.4 is 15.0 Å². The first-order chi connectivity index (χ1) is 13.9. The molecule has 0 spiro atoms. The average molecular weight is 481 g/mol. The van der Waals surface area contributed by atoms with Crippen molar-refractivity contribution in [1.82, 2.24) is 4.90 Å². The van der Waals surface area contributed by atoms with Gasteiger partial charge in [-0.05, 0) is 59.3 Å². The van der Waals surface area contributed by atoms with Gasteiger partial charge in [0.1, 0.15) is 5.75 Å². The predicted molar refractivity (Wildman–Crippen MR) is 119 cm³/mol. The molecule has 8 heteroatoms. The van der Waals surface area contributed by atoms with Gasteiger partial charge in [0.05, 0.1) is 21.8 Å². The molecule has 1 N–H and O–H groups in total. The van der Waals surface area contributed by atoms with E-state index in [1.165, 1.54) is 0 Å². The molecule has 1 saturated heterocycles. The SMILES string of the molecule is CCOc1ccc(C(=O)Nc2ccc(N3CCN(C(C)=O)CC3)c(Cl)c2)cc1Br. The zero-order valence-corrected chi connectivity index (χ0v) is 18.7.